The summed E-state index contributed by atoms with van der Waals surface area (Å²) in [5, 5.41) is 12.6. The second kappa shape index (κ2) is 4.42. The Morgan fingerprint density at radius 2 is 2.47 bits per heavy atom. The average Bonchev–Trinajstić information content (AvgIpc) is 2.29. The summed E-state index contributed by atoms with van der Waals surface area (Å²) in [5.41, 5.74) is 1.96. The zero-order chi connectivity index (χ0) is 10.7. The molecule has 0 saturated carbocycles. The lowest BCUT2D eigenvalue weighted by Gasteiger charge is -2.19. The first-order chi connectivity index (χ1) is 7.31. The Morgan fingerprint density at radius 1 is 1.60 bits per heavy atom. The molecule has 1 atom stereocenters. The first-order valence-corrected chi connectivity index (χ1v) is 4.90. The molecular weight excluding hydrogens is 192 g/mol. The molecule has 0 radical (unpaired) electrons. The molecule has 80 valence electrons. The van der Waals surface area contributed by atoms with Crippen molar-refractivity contribution in [3.8, 4) is 5.88 Å². The standard InChI is InChI=1S/C11H14N2O2/c1-15-11-10(3-2-4-13-11)8-5-9(14)7-12-6-8/h2-5,9,12,14H,6-7H2,1H3. The molecule has 2 N–H and O–H groups in total. The van der Waals surface area contributed by atoms with E-state index in [1.54, 1.807) is 13.3 Å². The van der Waals surface area contributed by atoms with E-state index in [1.165, 1.54) is 0 Å². The molecule has 1 aromatic rings. The summed E-state index contributed by atoms with van der Waals surface area (Å²) in [6, 6.07) is 3.80. The van der Waals surface area contributed by atoms with Gasteiger partial charge in [0.2, 0.25) is 5.88 Å². The summed E-state index contributed by atoms with van der Waals surface area (Å²) in [5.74, 6) is 0.597. The number of pyridine rings is 1. The normalized spacial score (nSPS) is 20.9. The molecule has 2 heterocycles. The Morgan fingerprint density at radius 3 is 3.20 bits per heavy atom. The maximum absolute atomic E-state index is 9.50. The summed E-state index contributed by atoms with van der Waals surface area (Å²) in [6.45, 7) is 1.34. The largest absolute Gasteiger partial charge is 0.481 e. The maximum Gasteiger partial charge on any atom is 0.220 e. The molecule has 0 bridgehead atoms. The first kappa shape index (κ1) is 10.1. The number of nitrogens with one attached hydrogen (secondary N) is 1. The van der Waals surface area contributed by atoms with Crippen LogP contribution in [-0.4, -0.2) is 36.4 Å². The monoisotopic (exact) mass is 206 g/mol. The molecule has 1 aromatic heterocycles. The van der Waals surface area contributed by atoms with Gasteiger partial charge in [-0.05, 0) is 23.8 Å². The highest BCUT2D eigenvalue weighted by molar-refractivity contribution is 5.71. The molecule has 0 fully saturated rings. The Balaban J connectivity index is 2.36. The number of aliphatic hydroxyl groups excluding tert-OH is 1. The van der Waals surface area contributed by atoms with E-state index in [9.17, 15) is 5.11 Å². The van der Waals surface area contributed by atoms with Crippen LogP contribution in [-0.2, 0) is 0 Å². The molecule has 15 heavy (non-hydrogen) atoms. The number of β-amino-alcohol motifs (C(OH)–C–C–N with tert-alkyl or cyclic N) is 1. The Kier molecular flexibility index (Phi) is 2.99. The van der Waals surface area contributed by atoms with Crippen molar-refractivity contribution in [2.24, 2.45) is 0 Å². The van der Waals surface area contributed by atoms with E-state index in [4.69, 9.17) is 4.74 Å². The van der Waals surface area contributed by atoms with Gasteiger partial charge in [0.25, 0.3) is 0 Å². The van der Waals surface area contributed by atoms with Crippen LogP contribution in [0.4, 0.5) is 0 Å². The smallest absolute Gasteiger partial charge is 0.220 e. The lowest BCUT2D eigenvalue weighted by Crippen LogP contribution is -2.31. The minimum Gasteiger partial charge on any atom is -0.481 e. The zero-order valence-electron chi connectivity index (χ0n) is 8.60. The number of methoxy groups -OCH3 is 1. The van der Waals surface area contributed by atoms with Crippen molar-refractivity contribution in [2.45, 2.75) is 6.10 Å². The maximum atomic E-state index is 9.50. The number of hydrogen-bond acceptors (Lipinski definition) is 4. The predicted octanol–water partition coefficient (Wildman–Crippen LogP) is 0.438. The minimum absolute atomic E-state index is 0.432. The molecule has 2 rings (SSSR count). The third kappa shape index (κ3) is 2.16. The van der Waals surface area contributed by atoms with Crippen LogP contribution < -0.4 is 10.1 Å². The molecular formula is C11H14N2O2. The Hall–Kier alpha value is -1.39. The van der Waals surface area contributed by atoms with Gasteiger partial charge in [-0.2, -0.15) is 0 Å². The van der Waals surface area contributed by atoms with Crippen LogP contribution in [0.5, 0.6) is 5.88 Å². The topological polar surface area (TPSA) is 54.4 Å². The number of ether oxygens (including phenoxy) is 1. The van der Waals surface area contributed by atoms with E-state index in [-0.39, 0.29) is 0 Å². The van der Waals surface area contributed by atoms with Gasteiger partial charge in [-0.1, -0.05) is 0 Å². The summed E-state index contributed by atoms with van der Waals surface area (Å²) in [4.78, 5) is 4.12. The number of rotatable bonds is 2. The Bertz CT molecular complexity index is 377. The third-order valence-electron chi connectivity index (χ3n) is 2.37. The second-order valence-electron chi connectivity index (χ2n) is 3.45. The van der Waals surface area contributed by atoms with E-state index < -0.39 is 6.10 Å². The highest BCUT2D eigenvalue weighted by atomic mass is 16.5. The molecule has 4 nitrogen and oxygen atoms in total. The van der Waals surface area contributed by atoms with Crippen molar-refractivity contribution in [1.29, 1.82) is 0 Å². The Labute approximate surface area is 88.6 Å². The van der Waals surface area contributed by atoms with Crippen molar-refractivity contribution >= 4 is 5.57 Å². The van der Waals surface area contributed by atoms with Gasteiger partial charge in [0, 0.05) is 24.8 Å². The SMILES string of the molecule is COc1ncccc1C1=CC(O)CNC1. The molecule has 0 aliphatic carbocycles. The fourth-order valence-electron chi connectivity index (χ4n) is 1.69. The van der Waals surface area contributed by atoms with Crippen molar-refractivity contribution in [3.05, 3.63) is 30.0 Å². The molecule has 0 spiro atoms. The first-order valence-electron chi connectivity index (χ1n) is 4.90. The van der Waals surface area contributed by atoms with Gasteiger partial charge in [-0.3, -0.25) is 0 Å². The molecule has 0 amide bonds. The highest BCUT2D eigenvalue weighted by Crippen LogP contribution is 2.24. The van der Waals surface area contributed by atoms with Crippen molar-refractivity contribution < 1.29 is 9.84 Å². The average molecular weight is 206 g/mol. The summed E-state index contributed by atoms with van der Waals surface area (Å²) in [7, 11) is 1.60. The highest BCUT2D eigenvalue weighted by Gasteiger charge is 2.14. The van der Waals surface area contributed by atoms with Gasteiger partial charge in [0.15, 0.2) is 0 Å². The van der Waals surface area contributed by atoms with E-state index in [0.29, 0.717) is 12.4 Å². The lowest BCUT2D eigenvalue weighted by molar-refractivity contribution is 0.217. The van der Waals surface area contributed by atoms with Crippen molar-refractivity contribution in [1.82, 2.24) is 10.3 Å². The van der Waals surface area contributed by atoms with E-state index in [1.807, 2.05) is 18.2 Å². The molecule has 1 aliphatic heterocycles. The van der Waals surface area contributed by atoms with E-state index in [2.05, 4.69) is 10.3 Å². The van der Waals surface area contributed by atoms with E-state index >= 15 is 0 Å². The van der Waals surface area contributed by atoms with Gasteiger partial charge in [-0.25, -0.2) is 4.98 Å². The fourth-order valence-corrected chi connectivity index (χ4v) is 1.69. The third-order valence-corrected chi connectivity index (χ3v) is 2.37. The predicted molar refractivity (Wildman–Crippen MR) is 57.6 cm³/mol. The summed E-state index contributed by atoms with van der Waals surface area (Å²) < 4.78 is 5.17. The van der Waals surface area contributed by atoms with Crippen molar-refractivity contribution in [3.63, 3.8) is 0 Å². The van der Waals surface area contributed by atoms with Gasteiger partial charge in [0.05, 0.1) is 13.2 Å². The van der Waals surface area contributed by atoms with Crippen molar-refractivity contribution in [2.75, 3.05) is 20.2 Å². The number of aliphatic hydroxyl groups is 1. The molecule has 0 aromatic carbocycles. The van der Waals surface area contributed by atoms with Crippen LogP contribution in [0.2, 0.25) is 0 Å². The van der Waals surface area contributed by atoms with Crippen LogP contribution in [0.25, 0.3) is 5.57 Å². The molecule has 1 aliphatic rings. The van der Waals surface area contributed by atoms with Gasteiger partial charge in [0.1, 0.15) is 0 Å². The lowest BCUT2D eigenvalue weighted by atomic mass is 10.0. The number of hydrogen-bond donors (Lipinski definition) is 2. The van der Waals surface area contributed by atoms with E-state index in [0.717, 1.165) is 17.7 Å². The quantitative estimate of drug-likeness (QED) is 0.737. The summed E-state index contributed by atoms with van der Waals surface area (Å²) >= 11 is 0. The van der Waals surface area contributed by atoms with Crippen LogP contribution in [0.3, 0.4) is 0 Å². The molecule has 0 saturated heterocycles. The van der Waals surface area contributed by atoms with Crippen LogP contribution in [0.15, 0.2) is 24.4 Å². The van der Waals surface area contributed by atoms with Gasteiger partial charge < -0.3 is 15.2 Å². The minimum atomic E-state index is -0.432. The number of nitrogens with zero attached hydrogens (tertiary/aromatic N) is 1. The van der Waals surface area contributed by atoms with Crippen LogP contribution in [0.1, 0.15) is 5.56 Å². The van der Waals surface area contributed by atoms with Gasteiger partial charge in [-0.15, -0.1) is 0 Å². The number of aromatic nitrogens is 1. The second-order valence-corrected chi connectivity index (χ2v) is 3.45. The zero-order valence-corrected chi connectivity index (χ0v) is 8.60. The van der Waals surface area contributed by atoms with Gasteiger partial charge >= 0.3 is 0 Å². The molecule has 4 heteroatoms. The van der Waals surface area contributed by atoms with Crippen LogP contribution >= 0.6 is 0 Å². The summed E-state index contributed by atoms with van der Waals surface area (Å²) in [6.07, 6.45) is 3.10. The van der Waals surface area contributed by atoms with Crippen LogP contribution in [0, 0.1) is 0 Å². The molecule has 1 unspecified atom stereocenters. The fraction of sp³-hybridized carbons (Fsp3) is 0.364.